The lowest BCUT2D eigenvalue weighted by Crippen LogP contribution is -1.84. The number of H-pyrrole nitrogens is 1. The molecule has 0 bridgehead atoms. The number of halogens is 2. The monoisotopic (exact) mass is 393 g/mol. The van der Waals surface area contributed by atoms with Crippen molar-refractivity contribution < 1.29 is 4.42 Å². The minimum absolute atomic E-state index is 0.381. The summed E-state index contributed by atoms with van der Waals surface area (Å²) in [7, 11) is 0. The molecule has 0 atom stereocenters. The van der Waals surface area contributed by atoms with Crippen LogP contribution in [0, 0.1) is 18.3 Å². The van der Waals surface area contributed by atoms with Gasteiger partial charge in [0, 0.05) is 16.7 Å². The molecule has 2 heterocycles. The summed E-state index contributed by atoms with van der Waals surface area (Å²) < 4.78 is 5.84. The third kappa shape index (κ3) is 3.48. The van der Waals surface area contributed by atoms with E-state index in [1.807, 2.05) is 25.1 Å². The fourth-order valence-corrected chi connectivity index (χ4v) is 3.31. The van der Waals surface area contributed by atoms with Crippen molar-refractivity contribution in [2.45, 2.75) is 6.92 Å². The zero-order chi connectivity index (χ0) is 19.0. The van der Waals surface area contributed by atoms with Crippen LogP contribution in [0.3, 0.4) is 0 Å². The van der Waals surface area contributed by atoms with Gasteiger partial charge in [0.1, 0.15) is 23.4 Å². The number of hydrogen-bond acceptors (Lipinski definition) is 3. The summed E-state index contributed by atoms with van der Waals surface area (Å²) in [6.07, 6.45) is 1.65. The summed E-state index contributed by atoms with van der Waals surface area (Å²) in [5, 5.41) is 10.6. The van der Waals surface area contributed by atoms with Gasteiger partial charge in [-0.25, -0.2) is 4.98 Å². The molecule has 0 amide bonds. The van der Waals surface area contributed by atoms with Crippen LogP contribution in [0.1, 0.15) is 17.1 Å². The Balaban J connectivity index is 1.71. The van der Waals surface area contributed by atoms with Crippen molar-refractivity contribution in [3.05, 3.63) is 75.7 Å². The standard InChI is InChI=1S/C21H13Cl2N3O/c1-12-2-6-18-19(8-12)26-21(25-18)13(11-24)9-15-4-7-20(27-15)16-5-3-14(22)10-17(16)23/h2-10H,1H3,(H,25,26)/b13-9+. The molecule has 4 nitrogen and oxygen atoms in total. The number of fused-ring (bicyclic) bond motifs is 1. The number of rotatable bonds is 3. The molecular formula is C21H13Cl2N3O. The van der Waals surface area contributed by atoms with Crippen molar-refractivity contribution in [2.24, 2.45) is 0 Å². The van der Waals surface area contributed by atoms with Crippen LogP contribution in [0.5, 0.6) is 0 Å². The van der Waals surface area contributed by atoms with Gasteiger partial charge in [-0.15, -0.1) is 0 Å². The number of benzene rings is 2. The molecule has 0 aliphatic rings. The van der Waals surface area contributed by atoms with Crippen molar-refractivity contribution in [1.82, 2.24) is 9.97 Å². The third-order valence-corrected chi connectivity index (χ3v) is 4.67. The Morgan fingerprint density at radius 2 is 2.00 bits per heavy atom. The topological polar surface area (TPSA) is 65.6 Å². The van der Waals surface area contributed by atoms with E-state index in [1.54, 1.807) is 36.4 Å². The summed E-state index contributed by atoms with van der Waals surface area (Å²) in [4.78, 5) is 7.67. The van der Waals surface area contributed by atoms with Gasteiger partial charge in [0.05, 0.1) is 21.6 Å². The summed E-state index contributed by atoms with van der Waals surface area (Å²) in [6.45, 7) is 2.01. The molecule has 0 spiro atoms. The normalized spacial score (nSPS) is 11.7. The molecule has 1 N–H and O–H groups in total. The maximum Gasteiger partial charge on any atom is 0.149 e. The number of nitriles is 1. The number of aryl methyl sites for hydroxylation is 1. The molecule has 0 saturated carbocycles. The zero-order valence-electron chi connectivity index (χ0n) is 14.3. The van der Waals surface area contributed by atoms with Gasteiger partial charge in [0.2, 0.25) is 0 Å². The molecule has 27 heavy (non-hydrogen) atoms. The number of furan rings is 1. The molecule has 0 saturated heterocycles. The molecule has 4 aromatic rings. The molecule has 0 fully saturated rings. The molecule has 4 rings (SSSR count). The van der Waals surface area contributed by atoms with Gasteiger partial charge in [-0.3, -0.25) is 0 Å². The van der Waals surface area contributed by atoms with E-state index in [2.05, 4.69) is 16.0 Å². The fourth-order valence-electron chi connectivity index (χ4n) is 2.81. The molecule has 0 aliphatic heterocycles. The Hall–Kier alpha value is -3.00. The second-order valence-corrected chi connectivity index (χ2v) is 6.95. The predicted octanol–water partition coefficient (Wildman–Crippen LogP) is 6.50. The molecule has 0 aliphatic carbocycles. The summed E-state index contributed by atoms with van der Waals surface area (Å²) in [5.74, 6) is 1.63. The van der Waals surface area contributed by atoms with Crippen LogP contribution in [0.4, 0.5) is 0 Å². The van der Waals surface area contributed by atoms with Crippen LogP contribution in [-0.2, 0) is 0 Å². The van der Waals surface area contributed by atoms with Gasteiger partial charge >= 0.3 is 0 Å². The van der Waals surface area contributed by atoms with Crippen LogP contribution < -0.4 is 0 Å². The van der Waals surface area contributed by atoms with Crippen molar-refractivity contribution in [2.75, 3.05) is 0 Å². The number of aromatic nitrogens is 2. The second kappa shape index (κ2) is 6.96. The Kier molecular flexibility index (Phi) is 4.49. The van der Waals surface area contributed by atoms with Gasteiger partial charge in [-0.05, 0) is 55.0 Å². The van der Waals surface area contributed by atoms with E-state index in [-0.39, 0.29) is 0 Å². The molecule has 2 aromatic heterocycles. The van der Waals surface area contributed by atoms with Gasteiger partial charge in [0.15, 0.2) is 0 Å². The highest BCUT2D eigenvalue weighted by molar-refractivity contribution is 6.36. The van der Waals surface area contributed by atoms with Crippen molar-refractivity contribution in [3.63, 3.8) is 0 Å². The highest BCUT2D eigenvalue weighted by atomic mass is 35.5. The predicted molar refractivity (Wildman–Crippen MR) is 108 cm³/mol. The summed E-state index contributed by atoms with van der Waals surface area (Å²) >= 11 is 12.2. The molecule has 2 aromatic carbocycles. The first-order valence-electron chi connectivity index (χ1n) is 8.17. The van der Waals surface area contributed by atoms with Crippen LogP contribution >= 0.6 is 23.2 Å². The number of aromatic amines is 1. The number of hydrogen-bond donors (Lipinski definition) is 1. The van der Waals surface area contributed by atoms with Crippen molar-refractivity contribution in [3.8, 4) is 17.4 Å². The molecule has 6 heteroatoms. The molecule has 0 unspecified atom stereocenters. The van der Waals surface area contributed by atoms with Crippen molar-refractivity contribution >= 4 is 45.9 Å². The van der Waals surface area contributed by atoms with Crippen LogP contribution in [0.25, 0.3) is 34.0 Å². The van der Waals surface area contributed by atoms with Crippen LogP contribution in [0.15, 0.2) is 52.9 Å². The number of imidazole rings is 1. The van der Waals surface area contributed by atoms with Crippen LogP contribution in [0.2, 0.25) is 10.0 Å². The first-order chi connectivity index (χ1) is 13.0. The van der Waals surface area contributed by atoms with E-state index in [0.29, 0.717) is 33.0 Å². The third-order valence-electron chi connectivity index (χ3n) is 4.12. The van der Waals surface area contributed by atoms with E-state index in [0.717, 1.165) is 22.2 Å². The Morgan fingerprint density at radius 3 is 2.78 bits per heavy atom. The first kappa shape index (κ1) is 17.4. The first-order valence-corrected chi connectivity index (χ1v) is 8.93. The highest BCUT2D eigenvalue weighted by Gasteiger charge is 2.12. The quantitative estimate of drug-likeness (QED) is 0.403. The summed E-state index contributed by atoms with van der Waals surface area (Å²) in [5.41, 5.74) is 3.94. The van der Waals surface area contributed by atoms with Crippen molar-refractivity contribution in [1.29, 1.82) is 5.26 Å². The van der Waals surface area contributed by atoms with Gasteiger partial charge in [-0.1, -0.05) is 29.3 Å². The smallest absolute Gasteiger partial charge is 0.149 e. The van der Waals surface area contributed by atoms with E-state index in [1.165, 1.54) is 0 Å². The Morgan fingerprint density at radius 1 is 1.15 bits per heavy atom. The Labute approximate surface area is 165 Å². The largest absolute Gasteiger partial charge is 0.457 e. The maximum absolute atomic E-state index is 9.56. The Bertz CT molecular complexity index is 1230. The second-order valence-electron chi connectivity index (χ2n) is 6.10. The lowest BCUT2D eigenvalue weighted by Gasteiger charge is -2.00. The van der Waals surface area contributed by atoms with E-state index in [4.69, 9.17) is 27.6 Å². The maximum atomic E-state index is 9.56. The lowest BCUT2D eigenvalue weighted by molar-refractivity contribution is 0.572. The lowest BCUT2D eigenvalue weighted by atomic mass is 10.2. The molecular weight excluding hydrogens is 381 g/mol. The number of allylic oxidation sites excluding steroid dienone is 1. The number of nitrogens with zero attached hydrogens (tertiary/aromatic N) is 2. The molecule has 132 valence electrons. The summed E-state index contributed by atoms with van der Waals surface area (Å²) in [6, 6.07) is 16.9. The van der Waals surface area contributed by atoms with Gasteiger partial charge < -0.3 is 9.40 Å². The van der Waals surface area contributed by atoms with E-state index < -0.39 is 0 Å². The van der Waals surface area contributed by atoms with E-state index >= 15 is 0 Å². The fraction of sp³-hybridized carbons (Fsp3) is 0.0476. The zero-order valence-corrected chi connectivity index (χ0v) is 15.8. The number of nitrogens with one attached hydrogen (secondary N) is 1. The highest BCUT2D eigenvalue weighted by Crippen LogP contribution is 2.32. The minimum Gasteiger partial charge on any atom is -0.457 e. The average molecular weight is 394 g/mol. The minimum atomic E-state index is 0.381. The molecule has 0 radical (unpaired) electrons. The average Bonchev–Trinajstić information content (AvgIpc) is 3.26. The van der Waals surface area contributed by atoms with Crippen LogP contribution in [-0.4, -0.2) is 9.97 Å². The van der Waals surface area contributed by atoms with Gasteiger partial charge in [-0.2, -0.15) is 5.26 Å². The van der Waals surface area contributed by atoms with E-state index in [9.17, 15) is 5.26 Å². The van der Waals surface area contributed by atoms with Gasteiger partial charge in [0.25, 0.3) is 0 Å². The SMILES string of the molecule is Cc1ccc2nc(/C(C#N)=C/c3ccc(-c4ccc(Cl)cc4Cl)o3)[nH]c2c1.